The molecule has 3 nitrogen and oxygen atoms in total. The Morgan fingerprint density at radius 1 is 1.60 bits per heavy atom. The lowest BCUT2D eigenvalue weighted by Gasteiger charge is -2.25. The van der Waals surface area contributed by atoms with Crippen LogP contribution in [0, 0.1) is 0 Å². The maximum atomic E-state index is 13.2. The number of nitrogens with zero attached hydrogens (tertiary/aromatic N) is 1. The number of hydrogen-bond acceptors (Lipinski definition) is 3. The molecule has 0 unspecified atom stereocenters. The summed E-state index contributed by atoms with van der Waals surface area (Å²) >= 11 is 5.88. The first-order chi connectivity index (χ1) is 6.81. The van der Waals surface area contributed by atoms with Crippen LogP contribution in [0.3, 0.4) is 0 Å². The molecule has 1 saturated heterocycles. The van der Waals surface area contributed by atoms with Gasteiger partial charge in [-0.3, -0.25) is 4.79 Å². The lowest BCUT2D eigenvalue weighted by Crippen LogP contribution is -2.39. The van der Waals surface area contributed by atoms with E-state index in [0.29, 0.717) is 18.1 Å². The first-order valence-corrected chi connectivity index (χ1v) is 5.54. The summed E-state index contributed by atoms with van der Waals surface area (Å²) in [6.07, 6.45) is 1.33. The third kappa shape index (κ3) is 3.61. The summed E-state index contributed by atoms with van der Waals surface area (Å²) in [7, 11) is 0. The molecule has 88 valence electrons. The molecule has 0 radical (unpaired) electrons. The third-order valence-corrected chi connectivity index (χ3v) is 2.67. The number of carbonyl (C=O) groups is 1. The van der Waals surface area contributed by atoms with Gasteiger partial charge in [0.2, 0.25) is 0 Å². The van der Waals surface area contributed by atoms with Crippen molar-refractivity contribution in [2.75, 3.05) is 6.54 Å². The molecule has 0 aromatic rings. The van der Waals surface area contributed by atoms with Gasteiger partial charge in [-0.1, -0.05) is 0 Å². The fourth-order valence-corrected chi connectivity index (χ4v) is 1.85. The van der Waals surface area contributed by atoms with Crippen LogP contribution < -0.4 is 0 Å². The highest BCUT2D eigenvalue weighted by Crippen LogP contribution is 2.25. The summed E-state index contributed by atoms with van der Waals surface area (Å²) in [6.45, 7) is 5.62. The molecule has 5 heteroatoms. The van der Waals surface area contributed by atoms with Gasteiger partial charge in [0.25, 0.3) is 0 Å². The quantitative estimate of drug-likeness (QED) is 0.419. The van der Waals surface area contributed by atoms with Crippen molar-refractivity contribution in [3.05, 3.63) is 0 Å². The fraction of sp³-hybridized carbons (Fsp3) is 0.900. The average molecular weight is 238 g/mol. The predicted molar refractivity (Wildman–Crippen MR) is 56.3 cm³/mol. The van der Waals surface area contributed by atoms with Gasteiger partial charge >= 0.3 is 5.97 Å². The molecular formula is C10H17ClFNO2. The Bertz CT molecular complexity index is 242. The number of hydrogen-bond donors (Lipinski definition) is 0. The van der Waals surface area contributed by atoms with Crippen LogP contribution in [0.1, 0.15) is 33.6 Å². The minimum atomic E-state index is -0.920. The van der Waals surface area contributed by atoms with E-state index in [0.717, 1.165) is 6.42 Å². The molecule has 0 aliphatic carbocycles. The molecule has 1 aliphatic rings. The molecular weight excluding hydrogens is 221 g/mol. The van der Waals surface area contributed by atoms with Crippen LogP contribution in [-0.2, 0) is 9.53 Å². The lowest BCUT2D eigenvalue weighted by molar-refractivity contribution is -0.157. The average Bonchev–Trinajstić information content (AvgIpc) is 2.47. The van der Waals surface area contributed by atoms with Gasteiger partial charge in [0.15, 0.2) is 0 Å². The second-order valence-electron chi connectivity index (χ2n) is 4.77. The maximum Gasteiger partial charge on any atom is 0.326 e. The van der Waals surface area contributed by atoms with Crippen LogP contribution in [0.25, 0.3) is 0 Å². The molecule has 0 N–H and O–H groups in total. The fourth-order valence-electron chi connectivity index (χ4n) is 1.56. The molecule has 1 heterocycles. The number of esters is 1. The van der Waals surface area contributed by atoms with Crippen LogP contribution in [0.15, 0.2) is 0 Å². The van der Waals surface area contributed by atoms with Crippen molar-refractivity contribution in [3.63, 3.8) is 0 Å². The summed E-state index contributed by atoms with van der Waals surface area (Å²) in [6, 6.07) is -0.540. The lowest BCUT2D eigenvalue weighted by atomic mass is 10.1. The standard InChI is InChI=1S/C10H17ClFNO2/c1-10(2,3)15-9(14)8(11)7-5-4-6-13(7)12/h7-8H,4-6H2,1-3H3/t7-,8-/m0/s1. The molecule has 0 saturated carbocycles. The Balaban J connectivity index is 2.52. The molecule has 0 aromatic carbocycles. The highest BCUT2D eigenvalue weighted by atomic mass is 35.5. The van der Waals surface area contributed by atoms with Gasteiger partial charge in [-0.25, -0.2) is 0 Å². The largest absolute Gasteiger partial charge is 0.459 e. The topological polar surface area (TPSA) is 29.5 Å². The number of rotatable bonds is 2. The van der Waals surface area contributed by atoms with E-state index < -0.39 is 23.0 Å². The molecule has 2 atom stereocenters. The normalized spacial score (nSPS) is 25.3. The zero-order valence-electron chi connectivity index (χ0n) is 9.30. The number of carbonyl (C=O) groups excluding carboxylic acids is 1. The molecule has 1 fully saturated rings. The van der Waals surface area contributed by atoms with E-state index in [9.17, 15) is 9.28 Å². The summed E-state index contributed by atoms with van der Waals surface area (Å²) in [5.74, 6) is -0.543. The first kappa shape index (κ1) is 12.7. The Labute approximate surface area is 94.5 Å². The highest BCUT2D eigenvalue weighted by molar-refractivity contribution is 6.30. The van der Waals surface area contributed by atoms with Gasteiger partial charge in [-0.15, -0.1) is 21.2 Å². The number of halogens is 2. The van der Waals surface area contributed by atoms with E-state index in [1.165, 1.54) is 0 Å². The van der Waals surface area contributed by atoms with Crippen molar-refractivity contribution < 1.29 is 14.0 Å². The second-order valence-corrected chi connectivity index (χ2v) is 5.24. The monoisotopic (exact) mass is 237 g/mol. The first-order valence-electron chi connectivity index (χ1n) is 5.10. The maximum absolute atomic E-state index is 13.2. The molecule has 0 amide bonds. The third-order valence-electron chi connectivity index (χ3n) is 2.20. The van der Waals surface area contributed by atoms with Gasteiger partial charge in [0.1, 0.15) is 11.0 Å². The van der Waals surface area contributed by atoms with Crippen molar-refractivity contribution in [1.29, 1.82) is 0 Å². The van der Waals surface area contributed by atoms with Crippen molar-refractivity contribution in [2.24, 2.45) is 0 Å². The summed E-state index contributed by atoms with van der Waals surface area (Å²) in [5.41, 5.74) is -0.579. The van der Waals surface area contributed by atoms with Gasteiger partial charge in [-0.05, 0) is 33.6 Å². The highest BCUT2D eigenvalue weighted by Gasteiger charge is 2.37. The summed E-state index contributed by atoms with van der Waals surface area (Å²) in [4.78, 5) is 11.5. The van der Waals surface area contributed by atoms with E-state index in [4.69, 9.17) is 16.3 Å². The van der Waals surface area contributed by atoms with Crippen molar-refractivity contribution in [1.82, 2.24) is 5.12 Å². The van der Waals surface area contributed by atoms with Crippen LogP contribution >= 0.6 is 11.6 Å². The Hall–Kier alpha value is -0.350. The molecule has 0 aromatic heterocycles. The molecule has 0 spiro atoms. The number of alkyl halides is 1. The zero-order valence-corrected chi connectivity index (χ0v) is 10.1. The minimum Gasteiger partial charge on any atom is -0.459 e. The summed E-state index contributed by atoms with van der Waals surface area (Å²) < 4.78 is 18.3. The van der Waals surface area contributed by atoms with Crippen molar-refractivity contribution in [3.8, 4) is 0 Å². The van der Waals surface area contributed by atoms with Gasteiger partial charge < -0.3 is 4.74 Å². The van der Waals surface area contributed by atoms with E-state index in [-0.39, 0.29) is 0 Å². The molecule has 15 heavy (non-hydrogen) atoms. The second kappa shape index (κ2) is 4.66. The van der Waals surface area contributed by atoms with E-state index in [2.05, 4.69) is 0 Å². The van der Waals surface area contributed by atoms with Crippen LogP contribution in [0.4, 0.5) is 4.48 Å². The number of ether oxygens (including phenoxy) is 1. The predicted octanol–water partition coefficient (Wildman–Crippen LogP) is 2.28. The van der Waals surface area contributed by atoms with Crippen molar-refractivity contribution in [2.45, 2.75) is 50.6 Å². The van der Waals surface area contributed by atoms with Crippen LogP contribution in [0.5, 0.6) is 0 Å². The zero-order chi connectivity index (χ0) is 11.6. The smallest absolute Gasteiger partial charge is 0.326 e. The van der Waals surface area contributed by atoms with Crippen molar-refractivity contribution >= 4 is 17.6 Å². The van der Waals surface area contributed by atoms with Gasteiger partial charge in [-0.2, -0.15) is 0 Å². The Kier molecular flexibility index (Phi) is 3.95. The van der Waals surface area contributed by atoms with Crippen LogP contribution in [0.2, 0.25) is 0 Å². The van der Waals surface area contributed by atoms with Gasteiger partial charge in [0.05, 0.1) is 6.04 Å². The van der Waals surface area contributed by atoms with Crippen LogP contribution in [-0.4, -0.2) is 34.7 Å². The summed E-state index contributed by atoms with van der Waals surface area (Å²) in [5, 5.41) is -0.293. The molecule has 1 aliphatic heterocycles. The molecule has 1 rings (SSSR count). The van der Waals surface area contributed by atoms with E-state index in [1.54, 1.807) is 20.8 Å². The Morgan fingerprint density at radius 2 is 2.20 bits per heavy atom. The Morgan fingerprint density at radius 3 is 2.60 bits per heavy atom. The van der Waals surface area contributed by atoms with Gasteiger partial charge in [0, 0.05) is 6.54 Å². The minimum absolute atomic E-state index is 0.344. The SMILES string of the molecule is CC(C)(C)OC(=O)[C@@H](Cl)[C@@H]1CCCN1F. The van der Waals surface area contributed by atoms with E-state index in [1.807, 2.05) is 0 Å². The van der Waals surface area contributed by atoms with E-state index >= 15 is 0 Å². The molecule has 0 bridgehead atoms.